The van der Waals surface area contributed by atoms with E-state index in [9.17, 15) is 18.3 Å². The number of amides is 1. The Kier molecular flexibility index (Phi) is 9.02. The van der Waals surface area contributed by atoms with E-state index in [0.29, 0.717) is 25.4 Å². The number of carbonyl (C=O) groups excluding carboxylic acids is 1. The predicted octanol–water partition coefficient (Wildman–Crippen LogP) is 2.58. The number of carbonyl (C=O) groups is 1. The number of aromatic nitrogens is 2. The molecule has 3 atom stereocenters. The van der Waals surface area contributed by atoms with Crippen molar-refractivity contribution in [3.63, 3.8) is 0 Å². The average Bonchev–Trinajstić information content (AvgIpc) is 3.38. The van der Waals surface area contributed by atoms with Crippen LogP contribution in [0, 0.1) is 5.92 Å². The van der Waals surface area contributed by atoms with Gasteiger partial charge in [-0.1, -0.05) is 19.1 Å². The number of aryl methyl sites for hydroxylation is 1. The monoisotopic (exact) mass is 571 g/mol. The van der Waals surface area contributed by atoms with Crippen molar-refractivity contribution in [1.82, 2.24) is 19.4 Å². The number of hydrogen-bond acceptors (Lipinski definition) is 8. The van der Waals surface area contributed by atoms with Crippen molar-refractivity contribution in [2.75, 3.05) is 38.6 Å². The zero-order valence-corrected chi connectivity index (χ0v) is 24.3. The van der Waals surface area contributed by atoms with E-state index in [1.54, 1.807) is 38.1 Å². The van der Waals surface area contributed by atoms with E-state index in [2.05, 4.69) is 14.6 Å². The SMILES string of the molecule is COc1ccc(CN(C)C[C@H]2Oc3ccc(NS(=O)(=O)c4cn(C)cn4)cc3C(=O)N([C@@H](C)CO)C[C@@H]2C)cc1. The summed E-state index contributed by atoms with van der Waals surface area (Å²) in [7, 11) is 1.36. The van der Waals surface area contributed by atoms with E-state index in [-0.39, 0.29) is 40.8 Å². The van der Waals surface area contributed by atoms with Crippen molar-refractivity contribution in [1.29, 1.82) is 0 Å². The van der Waals surface area contributed by atoms with Crippen molar-refractivity contribution in [3.8, 4) is 11.5 Å². The van der Waals surface area contributed by atoms with Gasteiger partial charge in [0.25, 0.3) is 15.9 Å². The van der Waals surface area contributed by atoms with Crippen LogP contribution in [0.15, 0.2) is 60.0 Å². The minimum Gasteiger partial charge on any atom is -0.497 e. The first-order chi connectivity index (χ1) is 19.0. The van der Waals surface area contributed by atoms with Crippen LogP contribution in [-0.4, -0.2) is 84.8 Å². The highest BCUT2D eigenvalue weighted by Gasteiger charge is 2.34. The molecular weight excluding hydrogens is 534 g/mol. The molecule has 216 valence electrons. The molecule has 0 bridgehead atoms. The van der Waals surface area contributed by atoms with E-state index in [4.69, 9.17) is 9.47 Å². The first kappa shape index (κ1) is 29.4. The third-order valence-electron chi connectivity index (χ3n) is 6.98. The number of likely N-dealkylation sites (N-methyl/N-ethyl adjacent to an activating group) is 1. The topological polar surface area (TPSA) is 126 Å². The number of rotatable bonds is 10. The molecule has 0 radical (unpaired) electrons. The van der Waals surface area contributed by atoms with Crippen LogP contribution < -0.4 is 14.2 Å². The molecule has 4 rings (SSSR count). The Bertz CT molecular complexity index is 1430. The maximum absolute atomic E-state index is 13.7. The Morgan fingerprint density at radius 2 is 1.98 bits per heavy atom. The van der Waals surface area contributed by atoms with Gasteiger partial charge in [0.2, 0.25) is 0 Å². The third-order valence-corrected chi connectivity index (χ3v) is 8.24. The fourth-order valence-corrected chi connectivity index (χ4v) is 5.69. The van der Waals surface area contributed by atoms with Crippen LogP contribution in [-0.2, 0) is 23.6 Å². The number of aliphatic hydroxyl groups excluding tert-OH is 1. The van der Waals surface area contributed by atoms with E-state index in [0.717, 1.165) is 11.3 Å². The largest absolute Gasteiger partial charge is 0.497 e. The normalized spacial score (nSPS) is 18.5. The summed E-state index contributed by atoms with van der Waals surface area (Å²) in [6.45, 7) is 5.24. The highest BCUT2D eigenvalue weighted by Crippen LogP contribution is 2.31. The lowest BCUT2D eigenvalue weighted by molar-refractivity contribution is 0.0341. The molecule has 2 heterocycles. The number of methoxy groups -OCH3 is 1. The molecule has 1 aromatic heterocycles. The first-order valence-corrected chi connectivity index (χ1v) is 14.5. The number of nitrogens with zero attached hydrogens (tertiary/aromatic N) is 4. The number of fused-ring (bicyclic) bond motifs is 1. The number of benzene rings is 2. The van der Waals surface area contributed by atoms with E-state index in [1.165, 1.54) is 23.2 Å². The van der Waals surface area contributed by atoms with Gasteiger partial charge < -0.3 is 24.0 Å². The predicted molar refractivity (Wildman–Crippen MR) is 151 cm³/mol. The maximum Gasteiger partial charge on any atom is 0.280 e. The number of imidazole rings is 1. The Balaban J connectivity index is 1.60. The lowest BCUT2D eigenvalue weighted by atomic mass is 9.99. The molecule has 0 aliphatic carbocycles. The smallest absolute Gasteiger partial charge is 0.280 e. The molecule has 11 nitrogen and oxygen atoms in total. The van der Waals surface area contributed by atoms with Gasteiger partial charge in [0.1, 0.15) is 17.6 Å². The fraction of sp³-hybridized carbons (Fsp3) is 0.429. The average molecular weight is 572 g/mol. The van der Waals surface area contributed by atoms with Gasteiger partial charge in [-0.3, -0.25) is 14.4 Å². The summed E-state index contributed by atoms with van der Waals surface area (Å²) in [5, 5.41) is 9.78. The first-order valence-electron chi connectivity index (χ1n) is 13.1. The van der Waals surface area contributed by atoms with Crippen LogP contribution in [0.3, 0.4) is 0 Å². The lowest BCUT2D eigenvalue weighted by Crippen LogP contribution is -2.49. The second-order valence-electron chi connectivity index (χ2n) is 10.4. The molecule has 0 fully saturated rings. The fourth-order valence-electron chi connectivity index (χ4n) is 4.65. The third kappa shape index (κ3) is 6.75. The number of aliphatic hydroxyl groups is 1. The van der Waals surface area contributed by atoms with Crippen LogP contribution in [0.1, 0.15) is 29.8 Å². The second-order valence-corrected chi connectivity index (χ2v) is 12.0. The van der Waals surface area contributed by atoms with Gasteiger partial charge in [-0.15, -0.1) is 0 Å². The molecule has 0 saturated carbocycles. The lowest BCUT2D eigenvalue weighted by Gasteiger charge is -2.38. The van der Waals surface area contributed by atoms with Crippen LogP contribution in [0.4, 0.5) is 5.69 Å². The summed E-state index contributed by atoms with van der Waals surface area (Å²) in [4.78, 5) is 21.4. The number of anilines is 1. The van der Waals surface area contributed by atoms with Crippen LogP contribution in [0.5, 0.6) is 11.5 Å². The van der Waals surface area contributed by atoms with Gasteiger partial charge in [0.15, 0.2) is 5.03 Å². The molecule has 40 heavy (non-hydrogen) atoms. The van der Waals surface area contributed by atoms with Crippen LogP contribution in [0.25, 0.3) is 0 Å². The highest BCUT2D eigenvalue weighted by atomic mass is 32.2. The molecule has 0 spiro atoms. The molecule has 0 unspecified atom stereocenters. The molecular formula is C28H37N5O6S. The molecule has 1 aliphatic rings. The summed E-state index contributed by atoms with van der Waals surface area (Å²) in [6, 6.07) is 12.1. The number of nitrogens with one attached hydrogen (secondary N) is 1. The van der Waals surface area contributed by atoms with Gasteiger partial charge in [-0.05, 0) is 49.9 Å². The zero-order valence-electron chi connectivity index (χ0n) is 23.4. The standard InChI is InChI=1S/C28H37N5O6S/c1-19-13-33(20(2)17-34)28(35)24-12-22(30-40(36,37)27-16-32(4)18-29-27)8-11-25(24)39-26(19)15-31(3)14-21-6-9-23(38-5)10-7-21/h6-12,16,18-20,26,30,34H,13-15,17H2,1-5H3/t19-,20-,26+/m0/s1. The minimum absolute atomic E-state index is 0.0493. The van der Waals surface area contributed by atoms with E-state index >= 15 is 0 Å². The Morgan fingerprint density at radius 3 is 2.60 bits per heavy atom. The Hall–Kier alpha value is -3.61. The Labute approximate surface area is 235 Å². The molecule has 3 aromatic rings. The maximum atomic E-state index is 13.7. The van der Waals surface area contributed by atoms with Crippen molar-refractivity contribution >= 4 is 21.6 Å². The van der Waals surface area contributed by atoms with Crippen molar-refractivity contribution in [2.24, 2.45) is 13.0 Å². The zero-order chi connectivity index (χ0) is 29.0. The van der Waals surface area contributed by atoms with Gasteiger partial charge in [-0.25, -0.2) is 4.98 Å². The summed E-state index contributed by atoms with van der Waals surface area (Å²) in [5.74, 6) is 0.763. The summed E-state index contributed by atoms with van der Waals surface area (Å²) < 4.78 is 41.4. The second kappa shape index (κ2) is 12.3. The van der Waals surface area contributed by atoms with Crippen LogP contribution >= 0.6 is 0 Å². The van der Waals surface area contributed by atoms with Gasteiger partial charge >= 0.3 is 0 Å². The number of hydrogen-bond donors (Lipinski definition) is 2. The van der Waals surface area contributed by atoms with Crippen molar-refractivity contribution in [2.45, 2.75) is 37.6 Å². The van der Waals surface area contributed by atoms with Crippen molar-refractivity contribution < 1.29 is 27.8 Å². The molecule has 12 heteroatoms. The van der Waals surface area contributed by atoms with Gasteiger partial charge in [0, 0.05) is 44.5 Å². The van der Waals surface area contributed by atoms with Crippen LogP contribution in [0.2, 0.25) is 0 Å². The van der Waals surface area contributed by atoms with Gasteiger partial charge in [-0.2, -0.15) is 8.42 Å². The summed E-state index contributed by atoms with van der Waals surface area (Å²) in [6.07, 6.45) is 2.51. The van der Waals surface area contributed by atoms with Crippen molar-refractivity contribution in [3.05, 3.63) is 66.1 Å². The van der Waals surface area contributed by atoms with E-state index < -0.39 is 16.1 Å². The Morgan fingerprint density at radius 1 is 1.25 bits per heavy atom. The van der Waals surface area contributed by atoms with Gasteiger partial charge in [0.05, 0.1) is 31.6 Å². The quantitative estimate of drug-likeness (QED) is 0.380. The number of ether oxygens (including phenoxy) is 2. The van der Waals surface area contributed by atoms with E-state index in [1.807, 2.05) is 38.2 Å². The molecule has 1 aliphatic heterocycles. The summed E-state index contributed by atoms with van der Waals surface area (Å²) >= 11 is 0. The molecule has 2 aromatic carbocycles. The molecule has 1 amide bonds. The summed E-state index contributed by atoms with van der Waals surface area (Å²) in [5.41, 5.74) is 1.55. The molecule has 2 N–H and O–H groups in total. The highest BCUT2D eigenvalue weighted by molar-refractivity contribution is 7.92. The molecule has 0 saturated heterocycles. The minimum atomic E-state index is -3.96. The number of sulfonamides is 1.